The third kappa shape index (κ3) is 3.53. The van der Waals surface area contributed by atoms with Crippen molar-refractivity contribution >= 4 is 23.1 Å². The number of aliphatic hydroxyl groups is 1. The number of ether oxygens (including phenoxy) is 1. The maximum absolute atomic E-state index is 12.3. The van der Waals surface area contributed by atoms with Gasteiger partial charge in [-0.2, -0.15) is 0 Å². The van der Waals surface area contributed by atoms with Gasteiger partial charge in [-0.25, -0.2) is 0 Å². The van der Waals surface area contributed by atoms with Crippen LogP contribution in [0.25, 0.3) is 0 Å². The maximum Gasteiger partial charge on any atom is 0.227 e. The lowest BCUT2D eigenvalue weighted by molar-refractivity contribution is -0.140. The Kier molecular flexibility index (Phi) is 5.05. The Morgan fingerprint density at radius 2 is 2.15 bits per heavy atom. The molecule has 6 heteroatoms. The van der Waals surface area contributed by atoms with Crippen LogP contribution in [-0.4, -0.2) is 53.3 Å². The normalized spacial score (nSPS) is 18.9. The molecule has 0 radical (unpaired) electrons. The van der Waals surface area contributed by atoms with Gasteiger partial charge in [-0.05, 0) is 5.56 Å². The number of morpholine rings is 1. The average Bonchev–Trinajstić information content (AvgIpc) is 2.47. The van der Waals surface area contributed by atoms with Crippen LogP contribution < -0.4 is 5.73 Å². The van der Waals surface area contributed by atoms with Crippen molar-refractivity contribution in [1.82, 2.24) is 4.90 Å². The molecule has 108 valence electrons. The molecule has 20 heavy (non-hydrogen) atoms. The summed E-state index contributed by atoms with van der Waals surface area (Å²) in [6.45, 7) is 1.35. The number of amides is 1. The summed E-state index contributed by atoms with van der Waals surface area (Å²) in [6.07, 6.45) is 0.300. The summed E-state index contributed by atoms with van der Waals surface area (Å²) in [6, 6.07) is 7.08. The zero-order valence-electron chi connectivity index (χ0n) is 11.1. The van der Waals surface area contributed by atoms with Crippen molar-refractivity contribution in [3.8, 4) is 0 Å². The van der Waals surface area contributed by atoms with Crippen LogP contribution in [0.1, 0.15) is 11.1 Å². The molecule has 2 rings (SSSR count). The molecule has 1 aliphatic rings. The van der Waals surface area contributed by atoms with E-state index in [1.807, 2.05) is 24.3 Å². The third-order valence-electron chi connectivity index (χ3n) is 3.35. The molecule has 1 atom stereocenters. The molecule has 3 N–H and O–H groups in total. The Balaban J connectivity index is 2.01. The van der Waals surface area contributed by atoms with Gasteiger partial charge >= 0.3 is 0 Å². The Morgan fingerprint density at radius 3 is 2.75 bits per heavy atom. The Labute approximate surface area is 123 Å². The summed E-state index contributed by atoms with van der Waals surface area (Å²) in [5.41, 5.74) is 7.22. The Hall–Kier alpha value is -1.50. The predicted molar refractivity (Wildman–Crippen MR) is 79.4 cm³/mol. The van der Waals surface area contributed by atoms with Crippen molar-refractivity contribution in [2.75, 3.05) is 26.4 Å². The smallest absolute Gasteiger partial charge is 0.227 e. The number of benzene rings is 1. The summed E-state index contributed by atoms with van der Waals surface area (Å²) in [5.74, 6) is -0.00424. The number of hydrogen-bond donors (Lipinski definition) is 2. The van der Waals surface area contributed by atoms with Crippen molar-refractivity contribution < 1.29 is 14.6 Å². The van der Waals surface area contributed by atoms with Gasteiger partial charge in [0.25, 0.3) is 0 Å². The van der Waals surface area contributed by atoms with E-state index >= 15 is 0 Å². The summed E-state index contributed by atoms with van der Waals surface area (Å²) in [4.78, 5) is 14.3. The Bertz CT molecular complexity index is 490. The number of carbonyl (C=O) groups excluding carboxylic acids is 1. The second-order valence-corrected chi connectivity index (χ2v) is 5.18. The number of carbonyl (C=O) groups is 1. The van der Waals surface area contributed by atoms with E-state index in [-0.39, 0.29) is 18.6 Å². The molecular formula is C14H18N2O3S. The van der Waals surface area contributed by atoms with Crippen molar-refractivity contribution in [3.63, 3.8) is 0 Å². The minimum atomic E-state index is -0.243. The molecule has 1 fully saturated rings. The zero-order chi connectivity index (χ0) is 14.5. The number of rotatable bonds is 4. The van der Waals surface area contributed by atoms with E-state index < -0.39 is 0 Å². The fraction of sp³-hybridized carbons (Fsp3) is 0.429. The van der Waals surface area contributed by atoms with Crippen LogP contribution in [0.3, 0.4) is 0 Å². The average molecular weight is 294 g/mol. The SMILES string of the molecule is NC(=S)c1ccc(CC(=O)N2CCOCC2CO)cc1. The van der Waals surface area contributed by atoms with Gasteiger partial charge in [0.05, 0.1) is 32.3 Å². The van der Waals surface area contributed by atoms with Crippen LogP contribution in [0.5, 0.6) is 0 Å². The molecular weight excluding hydrogens is 276 g/mol. The molecule has 1 aliphatic heterocycles. The van der Waals surface area contributed by atoms with Gasteiger partial charge in [0.15, 0.2) is 0 Å². The quantitative estimate of drug-likeness (QED) is 0.769. The molecule has 1 amide bonds. The highest BCUT2D eigenvalue weighted by Crippen LogP contribution is 2.11. The highest BCUT2D eigenvalue weighted by molar-refractivity contribution is 7.80. The van der Waals surface area contributed by atoms with Crippen molar-refractivity contribution in [2.24, 2.45) is 5.73 Å². The highest BCUT2D eigenvalue weighted by atomic mass is 32.1. The van der Waals surface area contributed by atoms with E-state index in [1.165, 1.54) is 0 Å². The van der Waals surface area contributed by atoms with E-state index in [4.69, 9.17) is 22.7 Å². The molecule has 0 spiro atoms. The van der Waals surface area contributed by atoms with Gasteiger partial charge in [-0.3, -0.25) is 4.79 Å². The third-order valence-corrected chi connectivity index (χ3v) is 3.59. The van der Waals surface area contributed by atoms with Gasteiger partial charge in [-0.1, -0.05) is 36.5 Å². The molecule has 1 aromatic carbocycles. The second kappa shape index (κ2) is 6.78. The number of thiocarbonyl (C=S) groups is 1. The number of hydrogen-bond acceptors (Lipinski definition) is 4. The van der Waals surface area contributed by atoms with Gasteiger partial charge in [0.2, 0.25) is 5.91 Å². The largest absolute Gasteiger partial charge is 0.394 e. The highest BCUT2D eigenvalue weighted by Gasteiger charge is 2.26. The lowest BCUT2D eigenvalue weighted by Gasteiger charge is -2.34. The first-order valence-corrected chi connectivity index (χ1v) is 6.89. The van der Waals surface area contributed by atoms with E-state index in [2.05, 4.69) is 0 Å². The molecule has 1 aromatic rings. The first-order chi connectivity index (χ1) is 9.61. The molecule has 1 saturated heterocycles. The monoisotopic (exact) mass is 294 g/mol. The van der Waals surface area contributed by atoms with Crippen LogP contribution >= 0.6 is 12.2 Å². The van der Waals surface area contributed by atoms with E-state index in [0.29, 0.717) is 31.2 Å². The molecule has 0 aliphatic carbocycles. The topological polar surface area (TPSA) is 75.8 Å². The van der Waals surface area contributed by atoms with Crippen LogP contribution in [0, 0.1) is 0 Å². The lowest BCUT2D eigenvalue weighted by Crippen LogP contribution is -2.51. The van der Waals surface area contributed by atoms with Crippen LogP contribution in [0.4, 0.5) is 0 Å². The van der Waals surface area contributed by atoms with Crippen LogP contribution in [0.15, 0.2) is 24.3 Å². The predicted octanol–water partition coefficient (Wildman–Crippen LogP) is 0.0830. The second-order valence-electron chi connectivity index (χ2n) is 4.74. The summed E-state index contributed by atoms with van der Waals surface area (Å²) < 4.78 is 5.26. The molecule has 5 nitrogen and oxygen atoms in total. The molecule has 1 heterocycles. The van der Waals surface area contributed by atoms with Gasteiger partial charge in [0, 0.05) is 12.1 Å². The lowest BCUT2D eigenvalue weighted by atomic mass is 10.1. The Morgan fingerprint density at radius 1 is 1.45 bits per heavy atom. The molecule has 0 saturated carbocycles. The van der Waals surface area contributed by atoms with Crippen LogP contribution in [0.2, 0.25) is 0 Å². The fourth-order valence-electron chi connectivity index (χ4n) is 2.20. The summed E-state index contributed by atoms with van der Waals surface area (Å²) in [7, 11) is 0. The number of aliphatic hydroxyl groups excluding tert-OH is 1. The van der Waals surface area contributed by atoms with E-state index in [1.54, 1.807) is 4.90 Å². The van der Waals surface area contributed by atoms with Crippen molar-refractivity contribution in [1.29, 1.82) is 0 Å². The summed E-state index contributed by atoms with van der Waals surface area (Å²) in [5, 5.41) is 9.27. The first kappa shape index (κ1) is 14.9. The summed E-state index contributed by atoms with van der Waals surface area (Å²) >= 11 is 4.89. The molecule has 0 aromatic heterocycles. The molecule has 1 unspecified atom stereocenters. The van der Waals surface area contributed by atoms with Gasteiger partial charge in [-0.15, -0.1) is 0 Å². The van der Waals surface area contributed by atoms with E-state index in [0.717, 1.165) is 11.1 Å². The fourth-order valence-corrected chi connectivity index (χ4v) is 2.33. The molecule has 0 bridgehead atoms. The van der Waals surface area contributed by atoms with Crippen LogP contribution in [-0.2, 0) is 16.0 Å². The van der Waals surface area contributed by atoms with Crippen molar-refractivity contribution in [2.45, 2.75) is 12.5 Å². The minimum absolute atomic E-state index is 0.00424. The maximum atomic E-state index is 12.3. The van der Waals surface area contributed by atoms with Crippen molar-refractivity contribution in [3.05, 3.63) is 35.4 Å². The first-order valence-electron chi connectivity index (χ1n) is 6.48. The number of nitrogens with zero attached hydrogens (tertiary/aromatic N) is 1. The standard InChI is InChI=1S/C14H18N2O3S/c15-14(20)11-3-1-10(2-4-11)7-13(18)16-5-6-19-9-12(16)8-17/h1-4,12,17H,5-9H2,(H2,15,20). The number of nitrogens with two attached hydrogens (primary N) is 1. The zero-order valence-corrected chi connectivity index (χ0v) is 11.9. The van der Waals surface area contributed by atoms with E-state index in [9.17, 15) is 9.90 Å². The van der Waals surface area contributed by atoms with Gasteiger partial charge in [0.1, 0.15) is 4.99 Å². The van der Waals surface area contributed by atoms with Gasteiger partial charge < -0.3 is 20.5 Å². The minimum Gasteiger partial charge on any atom is -0.394 e.